The second kappa shape index (κ2) is 6.04. The number of thiophene rings is 1. The summed E-state index contributed by atoms with van der Waals surface area (Å²) >= 11 is 1.47. The Kier molecular flexibility index (Phi) is 4.09. The fourth-order valence-corrected chi connectivity index (χ4v) is 4.13. The zero-order valence-electron chi connectivity index (χ0n) is 13.2. The number of hydrogen-bond donors (Lipinski definition) is 2. The Morgan fingerprint density at radius 2 is 1.87 bits per heavy atom. The van der Waals surface area contributed by atoms with E-state index in [1.165, 1.54) is 11.3 Å². The minimum Gasteiger partial charge on any atom is -0.378 e. The molecule has 3 N–H and O–H groups in total. The molecule has 0 saturated heterocycles. The van der Waals surface area contributed by atoms with Gasteiger partial charge in [-0.2, -0.15) is 0 Å². The van der Waals surface area contributed by atoms with Gasteiger partial charge >= 0.3 is 0 Å². The van der Waals surface area contributed by atoms with Crippen molar-refractivity contribution in [3.8, 4) is 0 Å². The van der Waals surface area contributed by atoms with Gasteiger partial charge in [0, 0.05) is 30.2 Å². The number of aryl methyl sites for hydroxylation is 1. The van der Waals surface area contributed by atoms with Gasteiger partial charge < -0.3 is 16.0 Å². The lowest BCUT2D eigenvalue weighted by atomic mass is 10.1. The molecule has 1 heterocycles. The van der Waals surface area contributed by atoms with E-state index in [1.807, 2.05) is 31.1 Å². The minimum absolute atomic E-state index is 0.224. The highest BCUT2D eigenvalue weighted by Crippen LogP contribution is 2.39. The van der Waals surface area contributed by atoms with E-state index in [-0.39, 0.29) is 5.91 Å². The van der Waals surface area contributed by atoms with Crippen LogP contribution in [0.4, 0.5) is 10.7 Å². The third-order valence-electron chi connectivity index (χ3n) is 4.04. The fraction of sp³-hybridized carbons (Fsp3) is 0.294. The van der Waals surface area contributed by atoms with Crippen LogP contribution in [0, 0.1) is 0 Å². The summed E-state index contributed by atoms with van der Waals surface area (Å²) in [7, 11) is 3.89. The van der Waals surface area contributed by atoms with E-state index in [0.717, 1.165) is 35.4 Å². The highest BCUT2D eigenvalue weighted by molar-refractivity contribution is 7.17. The molecule has 0 fully saturated rings. The van der Waals surface area contributed by atoms with Gasteiger partial charge in [0.25, 0.3) is 11.8 Å². The monoisotopic (exact) mass is 329 g/mol. The normalized spacial score (nSPS) is 12.8. The summed E-state index contributed by atoms with van der Waals surface area (Å²) in [6.45, 7) is 0. The molecule has 5 nitrogen and oxygen atoms in total. The lowest BCUT2D eigenvalue weighted by Crippen LogP contribution is -2.18. The standard InChI is InChI=1S/C17H19N3O2S/c1-20(2)11-8-6-10(7-9-11)16(22)19-17-14(15(18)21)12-4-3-5-13(12)23-17/h6-9H,3-5H2,1-2H3,(H2,18,21)(H,19,22). The molecule has 0 unspecified atom stereocenters. The fourth-order valence-electron chi connectivity index (χ4n) is 2.84. The van der Waals surface area contributed by atoms with Gasteiger partial charge in [0.2, 0.25) is 0 Å². The average molecular weight is 329 g/mol. The quantitative estimate of drug-likeness (QED) is 0.905. The van der Waals surface area contributed by atoms with Crippen molar-refractivity contribution in [2.45, 2.75) is 19.3 Å². The molecule has 0 aliphatic heterocycles. The van der Waals surface area contributed by atoms with Crippen molar-refractivity contribution in [3.05, 3.63) is 45.8 Å². The maximum atomic E-state index is 12.4. The van der Waals surface area contributed by atoms with Crippen molar-refractivity contribution in [3.63, 3.8) is 0 Å². The highest BCUT2D eigenvalue weighted by atomic mass is 32.1. The van der Waals surface area contributed by atoms with E-state index in [1.54, 1.807) is 12.1 Å². The summed E-state index contributed by atoms with van der Waals surface area (Å²) < 4.78 is 0. The molecule has 2 amide bonds. The van der Waals surface area contributed by atoms with Gasteiger partial charge in [-0.1, -0.05) is 0 Å². The zero-order valence-corrected chi connectivity index (χ0v) is 14.0. The largest absolute Gasteiger partial charge is 0.378 e. The van der Waals surface area contributed by atoms with Crippen molar-refractivity contribution in [2.75, 3.05) is 24.3 Å². The van der Waals surface area contributed by atoms with Crippen LogP contribution in [-0.4, -0.2) is 25.9 Å². The van der Waals surface area contributed by atoms with Gasteiger partial charge in [-0.15, -0.1) is 11.3 Å². The number of primary amides is 1. The van der Waals surface area contributed by atoms with E-state index in [9.17, 15) is 9.59 Å². The molecule has 0 saturated carbocycles. The number of nitrogens with two attached hydrogens (primary N) is 1. The molecule has 0 bridgehead atoms. The average Bonchev–Trinajstić information content (AvgIpc) is 3.07. The molecule has 6 heteroatoms. The summed E-state index contributed by atoms with van der Waals surface area (Å²) in [5.74, 6) is -0.694. The number of fused-ring (bicyclic) bond motifs is 1. The van der Waals surface area contributed by atoms with Crippen molar-refractivity contribution < 1.29 is 9.59 Å². The summed E-state index contributed by atoms with van der Waals surface area (Å²) in [6, 6.07) is 7.32. The molecule has 1 aromatic heterocycles. The van der Waals surface area contributed by atoms with Gasteiger partial charge in [0.05, 0.1) is 5.56 Å². The van der Waals surface area contributed by atoms with Crippen LogP contribution in [0.15, 0.2) is 24.3 Å². The van der Waals surface area contributed by atoms with Crippen LogP contribution in [0.25, 0.3) is 0 Å². The lowest BCUT2D eigenvalue weighted by molar-refractivity contribution is 0.100. The molecule has 3 rings (SSSR count). The van der Waals surface area contributed by atoms with Crippen molar-refractivity contribution >= 4 is 33.8 Å². The van der Waals surface area contributed by atoms with E-state index >= 15 is 0 Å². The summed E-state index contributed by atoms with van der Waals surface area (Å²) in [4.78, 5) is 27.3. The third kappa shape index (κ3) is 2.94. The van der Waals surface area contributed by atoms with Crippen LogP contribution in [-0.2, 0) is 12.8 Å². The molecule has 1 aromatic carbocycles. The SMILES string of the molecule is CN(C)c1ccc(C(=O)Nc2sc3c(c2C(N)=O)CCC3)cc1. The Balaban J connectivity index is 1.84. The maximum absolute atomic E-state index is 12.4. The summed E-state index contributed by atoms with van der Waals surface area (Å²) in [5, 5.41) is 3.42. The highest BCUT2D eigenvalue weighted by Gasteiger charge is 2.26. The summed E-state index contributed by atoms with van der Waals surface area (Å²) in [6.07, 6.45) is 2.85. The van der Waals surface area contributed by atoms with E-state index < -0.39 is 5.91 Å². The number of anilines is 2. The van der Waals surface area contributed by atoms with Crippen LogP contribution in [0.2, 0.25) is 0 Å². The number of amides is 2. The number of carbonyl (C=O) groups excluding carboxylic acids is 2. The first-order valence-corrected chi connectivity index (χ1v) is 8.32. The number of nitrogens with zero attached hydrogens (tertiary/aromatic N) is 1. The first-order valence-electron chi connectivity index (χ1n) is 7.50. The first-order chi connectivity index (χ1) is 11.0. The van der Waals surface area contributed by atoms with E-state index in [2.05, 4.69) is 5.32 Å². The molecule has 2 aromatic rings. The van der Waals surface area contributed by atoms with Crippen LogP contribution >= 0.6 is 11.3 Å². The van der Waals surface area contributed by atoms with Crippen LogP contribution in [0.3, 0.4) is 0 Å². The van der Waals surface area contributed by atoms with Gasteiger partial charge in [-0.25, -0.2) is 0 Å². The number of rotatable bonds is 4. The van der Waals surface area contributed by atoms with Crippen molar-refractivity contribution in [1.29, 1.82) is 0 Å². The van der Waals surface area contributed by atoms with Crippen LogP contribution in [0.1, 0.15) is 37.6 Å². The lowest BCUT2D eigenvalue weighted by Gasteiger charge is -2.12. The Morgan fingerprint density at radius 3 is 2.48 bits per heavy atom. The van der Waals surface area contributed by atoms with Gasteiger partial charge in [-0.05, 0) is 49.1 Å². The number of benzene rings is 1. The van der Waals surface area contributed by atoms with E-state index in [0.29, 0.717) is 16.1 Å². The van der Waals surface area contributed by atoms with Crippen molar-refractivity contribution in [2.24, 2.45) is 5.73 Å². The first kappa shape index (κ1) is 15.6. The van der Waals surface area contributed by atoms with Gasteiger partial charge in [0.1, 0.15) is 5.00 Å². The maximum Gasteiger partial charge on any atom is 0.256 e. The second-order valence-corrected chi connectivity index (χ2v) is 6.93. The van der Waals surface area contributed by atoms with Crippen LogP contribution < -0.4 is 16.0 Å². The Bertz CT molecular complexity index is 763. The predicted molar refractivity (Wildman–Crippen MR) is 93.6 cm³/mol. The van der Waals surface area contributed by atoms with Crippen LogP contribution in [0.5, 0.6) is 0 Å². The number of nitrogens with one attached hydrogen (secondary N) is 1. The second-order valence-electron chi connectivity index (χ2n) is 5.82. The van der Waals surface area contributed by atoms with Gasteiger partial charge in [0.15, 0.2) is 0 Å². The minimum atomic E-state index is -0.470. The summed E-state index contributed by atoms with van der Waals surface area (Å²) in [5.41, 5.74) is 8.59. The molecular weight excluding hydrogens is 310 g/mol. The molecule has 23 heavy (non-hydrogen) atoms. The molecule has 1 aliphatic rings. The Hall–Kier alpha value is -2.34. The number of hydrogen-bond acceptors (Lipinski definition) is 4. The third-order valence-corrected chi connectivity index (χ3v) is 5.25. The molecule has 0 atom stereocenters. The van der Waals surface area contributed by atoms with E-state index in [4.69, 9.17) is 5.73 Å². The Morgan fingerprint density at radius 1 is 1.17 bits per heavy atom. The van der Waals surface area contributed by atoms with Crippen molar-refractivity contribution in [1.82, 2.24) is 0 Å². The van der Waals surface area contributed by atoms with Gasteiger partial charge in [-0.3, -0.25) is 9.59 Å². The molecule has 120 valence electrons. The zero-order chi connectivity index (χ0) is 16.6. The molecular formula is C17H19N3O2S. The molecule has 0 radical (unpaired) electrons. The predicted octanol–water partition coefficient (Wildman–Crippen LogP) is 2.65. The Labute approximate surface area is 139 Å². The molecule has 0 spiro atoms. The molecule has 1 aliphatic carbocycles. The number of carbonyl (C=O) groups is 2. The topological polar surface area (TPSA) is 75.4 Å². The smallest absolute Gasteiger partial charge is 0.256 e.